The highest BCUT2D eigenvalue weighted by atomic mass is 79.9. The number of para-hydroxylation sites is 1. The molecule has 0 unspecified atom stereocenters. The predicted octanol–water partition coefficient (Wildman–Crippen LogP) is 2.95. The molecule has 106 valence electrons. The lowest BCUT2D eigenvalue weighted by atomic mass is 10.3. The molecule has 0 saturated heterocycles. The van der Waals surface area contributed by atoms with Crippen molar-refractivity contribution in [1.82, 2.24) is 4.98 Å². The van der Waals surface area contributed by atoms with Crippen LogP contribution in [-0.2, 0) is 10.2 Å². The molecule has 0 fully saturated rings. The Morgan fingerprint density at radius 2 is 1.90 bits per heavy atom. The van der Waals surface area contributed by atoms with Crippen LogP contribution in [-0.4, -0.2) is 20.4 Å². The molecular formula is C13H14BrN3O2S. The maximum atomic E-state index is 12.3. The largest absolute Gasteiger partial charge is 0.323 e. The van der Waals surface area contributed by atoms with Gasteiger partial charge in [-0.15, -0.1) is 0 Å². The SMILES string of the molecule is Cc1ncc(Br)cc1NS(=O)(=O)N(C)c1ccccc1. The van der Waals surface area contributed by atoms with E-state index < -0.39 is 10.2 Å². The summed E-state index contributed by atoms with van der Waals surface area (Å²) < 4.78 is 29.1. The van der Waals surface area contributed by atoms with Crippen LogP contribution in [0, 0.1) is 6.92 Å². The zero-order valence-electron chi connectivity index (χ0n) is 11.0. The highest BCUT2D eigenvalue weighted by Gasteiger charge is 2.19. The Labute approximate surface area is 127 Å². The number of pyridine rings is 1. The molecule has 0 saturated carbocycles. The van der Waals surface area contributed by atoms with Gasteiger partial charge in [-0.25, -0.2) is 0 Å². The van der Waals surface area contributed by atoms with Crippen LogP contribution in [0.4, 0.5) is 11.4 Å². The molecule has 0 bridgehead atoms. The van der Waals surface area contributed by atoms with Gasteiger partial charge in [0.15, 0.2) is 0 Å². The molecule has 20 heavy (non-hydrogen) atoms. The van der Waals surface area contributed by atoms with Gasteiger partial charge in [-0.05, 0) is 41.1 Å². The number of nitrogens with zero attached hydrogens (tertiary/aromatic N) is 2. The van der Waals surface area contributed by atoms with Crippen LogP contribution >= 0.6 is 15.9 Å². The minimum Gasteiger partial charge on any atom is -0.265 e. The van der Waals surface area contributed by atoms with Gasteiger partial charge in [0.05, 0.1) is 17.1 Å². The van der Waals surface area contributed by atoms with E-state index >= 15 is 0 Å². The first kappa shape index (κ1) is 14.8. The van der Waals surface area contributed by atoms with E-state index in [1.165, 1.54) is 11.4 Å². The second-order valence-corrected chi connectivity index (χ2v) is 6.81. The zero-order chi connectivity index (χ0) is 14.8. The van der Waals surface area contributed by atoms with Crippen molar-refractivity contribution in [3.05, 3.63) is 52.8 Å². The molecule has 7 heteroatoms. The van der Waals surface area contributed by atoms with Gasteiger partial charge in [-0.2, -0.15) is 8.42 Å². The normalized spacial score (nSPS) is 11.2. The van der Waals surface area contributed by atoms with Crippen LogP contribution in [0.15, 0.2) is 47.1 Å². The Bertz CT molecular complexity index is 705. The molecule has 1 aromatic heterocycles. The lowest BCUT2D eigenvalue weighted by Crippen LogP contribution is -2.32. The lowest BCUT2D eigenvalue weighted by molar-refractivity contribution is 0.599. The number of anilines is 2. The number of nitrogens with one attached hydrogen (secondary N) is 1. The number of hydrogen-bond donors (Lipinski definition) is 1. The summed E-state index contributed by atoms with van der Waals surface area (Å²) in [4.78, 5) is 4.10. The van der Waals surface area contributed by atoms with E-state index in [0.29, 0.717) is 21.5 Å². The smallest absolute Gasteiger partial charge is 0.265 e. The third-order valence-electron chi connectivity index (χ3n) is 2.77. The van der Waals surface area contributed by atoms with Gasteiger partial charge in [0.25, 0.3) is 0 Å². The summed E-state index contributed by atoms with van der Waals surface area (Å²) in [5, 5.41) is 0. The van der Waals surface area contributed by atoms with Crippen molar-refractivity contribution in [2.45, 2.75) is 6.92 Å². The van der Waals surface area contributed by atoms with Crippen LogP contribution < -0.4 is 9.03 Å². The molecule has 1 N–H and O–H groups in total. The van der Waals surface area contributed by atoms with E-state index in [-0.39, 0.29) is 0 Å². The number of benzene rings is 1. The van der Waals surface area contributed by atoms with Crippen molar-refractivity contribution in [2.75, 3.05) is 16.1 Å². The number of hydrogen-bond acceptors (Lipinski definition) is 3. The average Bonchev–Trinajstić information content (AvgIpc) is 2.43. The topological polar surface area (TPSA) is 62.3 Å². The first-order chi connectivity index (χ1) is 9.40. The molecule has 0 aliphatic carbocycles. The molecule has 2 rings (SSSR count). The highest BCUT2D eigenvalue weighted by Crippen LogP contribution is 2.22. The fourth-order valence-corrected chi connectivity index (χ4v) is 2.95. The molecular weight excluding hydrogens is 342 g/mol. The van der Waals surface area contributed by atoms with Gasteiger partial charge < -0.3 is 0 Å². The van der Waals surface area contributed by atoms with E-state index in [9.17, 15) is 8.42 Å². The minimum absolute atomic E-state index is 0.446. The Hall–Kier alpha value is -1.60. The van der Waals surface area contributed by atoms with E-state index in [2.05, 4.69) is 25.6 Å². The van der Waals surface area contributed by atoms with Crippen LogP contribution in [0.2, 0.25) is 0 Å². The van der Waals surface area contributed by atoms with Gasteiger partial charge in [0.2, 0.25) is 0 Å². The van der Waals surface area contributed by atoms with Crippen molar-refractivity contribution in [1.29, 1.82) is 0 Å². The van der Waals surface area contributed by atoms with Crippen molar-refractivity contribution < 1.29 is 8.42 Å². The van der Waals surface area contributed by atoms with Gasteiger partial charge in [-0.1, -0.05) is 18.2 Å². The lowest BCUT2D eigenvalue weighted by Gasteiger charge is -2.20. The quantitative estimate of drug-likeness (QED) is 0.916. The minimum atomic E-state index is -3.68. The summed E-state index contributed by atoms with van der Waals surface area (Å²) in [6.45, 7) is 1.74. The van der Waals surface area contributed by atoms with Gasteiger partial charge in [-0.3, -0.25) is 14.0 Å². The maximum Gasteiger partial charge on any atom is 0.323 e. The third kappa shape index (κ3) is 3.29. The Kier molecular flexibility index (Phi) is 4.29. The second-order valence-electron chi connectivity index (χ2n) is 4.20. The van der Waals surface area contributed by atoms with Gasteiger partial charge in [0, 0.05) is 17.7 Å². The Morgan fingerprint density at radius 3 is 2.55 bits per heavy atom. The van der Waals surface area contributed by atoms with Crippen LogP contribution in [0.1, 0.15) is 5.69 Å². The first-order valence-corrected chi connectivity index (χ1v) is 8.07. The molecule has 0 radical (unpaired) electrons. The molecule has 0 aliphatic heterocycles. The molecule has 0 atom stereocenters. The number of halogens is 1. The molecule has 0 aliphatic rings. The molecule has 5 nitrogen and oxygen atoms in total. The van der Waals surface area contributed by atoms with Crippen molar-refractivity contribution >= 4 is 37.5 Å². The maximum absolute atomic E-state index is 12.3. The average molecular weight is 356 g/mol. The Morgan fingerprint density at radius 1 is 1.25 bits per heavy atom. The van der Waals surface area contributed by atoms with E-state index in [1.807, 2.05) is 6.07 Å². The standard InChI is InChI=1S/C13H14BrN3O2S/c1-10-13(8-11(14)9-15-10)16-20(18,19)17(2)12-6-4-3-5-7-12/h3-9,16H,1-2H3. The molecule has 0 amide bonds. The zero-order valence-corrected chi connectivity index (χ0v) is 13.4. The van der Waals surface area contributed by atoms with Gasteiger partial charge in [0.1, 0.15) is 0 Å². The predicted molar refractivity (Wildman–Crippen MR) is 84.1 cm³/mol. The summed E-state index contributed by atoms with van der Waals surface area (Å²) >= 11 is 3.27. The summed E-state index contributed by atoms with van der Waals surface area (Å²) in [5.41, 5.74) is 1.64. The van der Waals surface area contributed by atoms with Crippen molar-refractivity contribution in [2.24, 2.45) is 0 Å². The summed E-state index contributed by atoms with van der Waals surface area (Å²) in [7, 11) is -2.18. The molecule has 0 spiro atoms. The van der Waals surface area contributed by atoms with Crippen molar-refractivity contribution in [3.8, 4) is 0 Å². The number of aryl methyl sites for hydroxylation is 1. The second kappa shape index (κ2) is 5.80. The van der Waals surface area contributed by atoms with E-state index in [0.717, 1.165) is 0 Å². The summed E-state index contributed by atoms with van der Waals surface area (Å²) in [5.74, 6) is 0. The number of aromatic nitrogens is 1. The highest BCUT2D eigenvalue weighted by molar-refractivity contribution is 9.10. The number of rotatable bonds is 4. The van der Waals surface area contributed by atoms with Crippen LogP contribution in [0.5, 0.6) is 0 Å². The first-order valence-electron chi connectivity index (χ1n) is 5.84. The van der Waals surface area contributed by atoms with Crippen molar-refractivity contribution in [3.63, 3.8) is 0 Å². The summed E-state index contributed by atoms with van der Waals surface area (Å²) in [6.07, 6.45) is 1.62. The van der Waals surface area contributed by atoms with Crippen LogP contribution in [0.3, 0.4) is 0 Å². The van der Waals surface area contributed by atoms with E-state index in [4.69, 9.17) is 0 Å². The van der Waals surface area contributed by atoms with E-state index in [1.54, 1.807) is 43.5 Å². The molecule has 2 aromatic rings. The summed E-state index contributed by atoms with van der Waals surface area (Å²) in [6, 6.07) is 10.5. The van der Waals surface area contributed by atoms with Gasteiger partial charge >= 0.3 is 10.2 Å². The fourth-order valence-electron chi connectivity index (χ4n) is 1.60. The Balaban J connectivity index is 2.30. The fraction of sp³-hybridized carbons (Fsp3) is 0.154. The monoisotopic (exact) mass is 355 g/mol. The molecule has 1 aromatic carbocycles. The van der Waals surface area contributed by atoms with Crippen LogP contribution in [0.25, 0.3) is 0 Å². The third-order valence-corrected chi connectivity index (χ3v) is 4.62. The molecule has 1 heterocycles.